The van der Waals surface area contributed by atoms with Crippen LogP contribution in [-0.2, 0) is 4.79 Å². The number of carbonyl (C=O) groups is 1. The van der Waals surface area contributed by atoms with Crippen LogP contribution in [0.25, 0.3) is 0 Å². The third-order valence-electron chi connectivity index (χ3n) is 2.31. The minimum Gasteiger partial charge on any atom is -0.385 e. The maximum atomic E-state index is 11.9. The molecule has 0 spiro atoms. The van der Waals surface area contributed by atoms with Crippen LogP contribution in [0.2, 0.25) is 0 Å². The van der Waals surface area contributed by atoms with Crippen molar-refractivity contribution in [3.63, 3.8) is 0 Å². The normalized spacial score (nSPS) is 17.3. The second kappa shape index (κ2) is 5.18. The predicted molar refractivity (Wildman–Crippen MR) is 50.6 cm³/mol. The fourth-order valence-corrected chi connectivity index (χ4v) is 1.09. The van der Waals surface area contributed by atoms with Crippen molar-refractivity contribution < 1.29 is 18.7 Å². The van der Waals surface area contributed by atoms with Crippen molar-refractivity contribution in [1.29, 1.82) is 0 Å². The minimum atomic E-state index is -2.83. The number of aliphatic hydroxyl groups excluding tert-OH is 1. The molecule has 1 aliphatic heterocycles. The lowest BCUT2D eigenvalue weighted by atomic mass is 10.0. The Kier molecular flexibility index (Phi) is 4.16. The molecular formula is C9H14F2N2O2. The lowest BCUT2D eigenvalue weighted by Gasteiger charge is -2.21. The molecule has 0 saturated carbocycles. The first-order valence-corrected chi connectivity index (χ1v) is 4.66. The second-order valence-electron chi connectivity index (χ2n) is 3.44. The smallest absolute Gasteiger partial charge is 0.265 e. The van der Waals surface area contributed by atoms with E-state index in [1.54, 1.807) is 6.92 Å². The summed E-state index contributed by atoms with van der Waals surface area (Å²) in [5, 5.41) is 14.0. The van der Waals surface area contributed by atoms with Gasteiger partial charge in [0, 0.05) is 25.2 Å². The molecule has 1 amide bonds. The van der Waals surface area contributed by atoms with Crippen LogP contribution in [0.4, 0.5) is 8.78 Å². The average Bonchev–Trinajstić information content (AvgIpc) is 2.10. The number of hydrogen-bond donors (Lipinski definition) is 3. The maximum Gasteiger partial charge on any atom is 0.265 e. The Hall–Kier alpha value is -1.01. The van der Waals surface area contributed by atoms with E-state index in [9.17, 15) is 13.6 Å². The molecule has 0 aromatic carbocycles. The summed E-state index contributed by atoms with van der Waals surface area (Å²) in [6.45, 7) is 2.54. The molecule has 1 fully saturated rings. The van der Waals surface area contributed by atoms with Crippen LogP contribution in [0.1, 0.15) is 6.92 Å². The van der Waals surface area contributed by atoms with Gasteiger partial charge < -0.3 is 15.7 Å². The Bertz CT molecular complexity index is 273. The van der Waals surface area contributed by atoms with Gasteiger partial charge in [-0.3, -0.25) is 4.79 Å². The van der Waals surface area contributed by atoms with E-state index in [-0.39, 0.29) is 0 Å². The second-order valence-corrected chi connectivity index (χ2v) is 3.44. The molecule has 0 bridgehead atoms. The molecule has 1 rings (SSSR count). The highest BCUT2D eigenvalue weighted by Gasteiger charge is 2.20. The molecule has 6 heteroatoms. The van der Waals surface area contributed by atoms with Gasteiger partial charge >= 0.3 is 0 Å². The molecule has 1 aliphatic rings. The van der Waals surface area contributed by atoms with Crippen molar-refractivity contribution >= 4 is 5.91 Å². The van der Waals surface area contributed by atoms with E-state index in [0.29, 0.717) is 18.7 Å². The monoisotopic (exact) mass is 220 g/mol. The summed E-state index contributed by atoms with van der Waals surface area (Å²) in [6.07, 6.45) is -4.63. The van der Waals surface area contributed by atoms with Crippen molar-refractivity contribution in [3.05, 3.63) is 11.1 Å². The van der Waals surface area contributed by atoms with Gasteiger partial charge in [0.25, 0.3) is 6.43 Å². The average molecular weight is 220 g/mol. The van der Waals surface area contributed by atoms with E-state index >= 15 is 0 Å². The largest absolute Gasteiger partial charge is 0.385 e. The summed E-state index contributed by atoms with van der Waals surface area (Å²) in [5.41, 5.74) is 1.51. The van der Waals surface area contributed by atoms with Crippen molar-refractivity contribution in [2.24, 2.45) is 0 Å². The Labute approximate surface area is 86.3 Å². The minimum absolute atomic E-state index is 0.397. The first kappa shape index (κ1) is 12.1. The van der Waals surface area contributed by atoms with Crippen LogP contribution in [-0.4, -0.2) is 43.2 Å². The quantitative estimate of drug-likeness (QED) is 0.567. The van der Waals surface area contributed by atoms with Gasteiger partial charge in [0.2, 0.25) is 5.91 Å². The zero-order valence-electron chi connectivity index (χ0n) is 8.39. The van der Waals surface area contributed by atoms with Crippen molar-refractivity contribution in [2.75, 3.05) is 19.6 Å². The van der Waals surface area contributed by atoms with Crippen molar-refractivity contribution in [3.8, 4) is 0 Å². The zero-order valence-corrected chi connectivity index (χ0v) is 8.39. The molecule has 4 nitrogen and oxygen atoms in total. The van der Waals surface area contributed by atoms with E-state index in [2.05, 4.69) is 10.6 Å². The summed E-state index contributed by atoms with van der Waals surface area (Å²) >= 11 is 0. The Morgan fingerprint density at radius 2 is 2.20 bits per heavy atom. The summed E-state index contributed by atoms with van der Waals surface area (Å²) in [6, 6.07) is 0. The van der Waals surface area contributed by atoms with Gasteiger partial charge in [0.15, 0.2) is 0 Å². The Morgan fingerprint density at radius 1 is 1.60 bits per heavy atom. The highest BCUT2D eigenvalue weighted by Crippen LogP contribution is 2.08. The van der Waals surface area contributed by atoms with Crippen LogP contribution in [0.3, 0.4) is 0 Å². The van der Waals surface area contributed by atoms with E-state index in [4.69, 9.17) is 5.11 Å². The number of aliphatic hydroxyl groups is 1. The standard InChI is InChI=1S/C9H14F2N2O2/c1-5(6-2-12-3-6)9(15)13-4-7(14)8(10)11/h7-8,12,14H,2-4H2,1H3,(H,13,15). The first-order chi connectivity index (χ1) is 7.02. The number of rotatable bonds is 4. The lowest BCUT2D eigenvalue weighted by molar-refractivity contribution is -0.118. The number of hydrogen-bond acceptors (Lipinski definition) is 3. The Morgan fingerprint density at radius 3 is 2.60 bits per heavy atom. The zero-order chi connectivity index (χ0) is 11.4. The molecule has 0 aromatic heterocycles. The molecule has 15 heavy (non-hydrogen) atoms. The molecule has 0 aromatic rings. The molecule has 0 aliphatic carbocycles. The molecule has 86 valence electrons. The lowest BCUT2D eigenvalue weighted by Crippen LogP contribution is -2.40. The Balaban J connectivity index is 2.36. The number of amides is 1. The molecule has 3 N–H and O–H groups in total. The van der Waals surface area contributed by atoms with E-state index in [1.165, 1.54) is 0 Å². The third-order valence-corrected chi connectivity index (χ3v) is 2.31. The molecular weight excluding hydrogens is 206 g/mol. The van der Waals surface area contributed by atoms with Crippen LogP contribution in [0, 0.1) is 0 Å². The van der Waals surface area contributed by atoms with Crippen molar-refractivity contribution in [1.82, 2.24) is 10.6 Å². The number of halogens is 2. The maximum absolute atomic E-state index is 11.9. The van der Waals surface area contributed by atoms with Crippen LogP contribution < -0.4 is 10.6 Å². The number of nitrogens with one attached hydrogen (secondary N) is 2. The summed E-state index contributed by atoms with van der Waals surface area (Å²) in [4.78, 5) is 11.4. The fraction of sp³-hybridized carbons (Fsp3) is 0.667. The van der Waals surface area contributed by atoms with Gasteiger partial charge in [-0.2, -0.15) is 0 Å². The van der Waals surface area contributed by atoms with E-state index in [1.807, 2.05) is 0 Å². The highest BCUT2D eigenvalue weighted by atomic mass is 19.3. The summed E-state index contributed by atoms with van der Waals surface area (Å²) in [5.74, 6) is -0.397. The number of carbonyl (C=O) groups excluding carboxylic acids is 1. The highest BCUT2D eigenvalue weighted by molar-refractivity contribution is 5.93. The van der Waals surface area contributed by atoms with Crippen LogP contribution in [0.15, 0.2) is 11.1 Å². The topological polar surface area (TPSA) is 61.4 Å². The number of alkyl halides is 2. The van der Waals surface area contributed by atoms with Gasteiger partial charge in [0.1, 0.15) is 6.10 Å². The molecule has 1 unspecified atom stereocenters. The molecule has 1 atom stereocenters. The third kappa shape index (κ3) is 3.24. The van der Waals surface area contributed by atoms with E-state index < -0.39 is 25.0 Å². The van der Waals surface area contributed by atoms with Crippen LogP contribution in [0.5, 0.6) is 0 Å². The van der Waals surface area contributed by atoms with E-state index in [0.717, 1.165) is 5.57 Å². The molecule has 1 heterocycles. The molecule has 0 radical (unpaired) electrons. The van der Waals surface area contributed by atoms with Gasteiger partial charge in [-0.15, -0.1) is 0 Å². The van der Waals surface area contributed by atoms with Gasteiger partial charge in [0.05, 0.1) is 0 Å². The van der Waals surface area contributed by atoms with Crippen molar-refractivity contribution in [2.45, 2.75) is 19.5 Å². The molecule has 1 saturated heterocycles. The SMILES string of the molecule is CC(C(=O)NCC(O)C(F)F)=C1CNC1. The van der Waals surface area contributed by atoms with Crippen LogP contribution >= 0.6 is 0 Å². The van der Waals surface area contributed by atoms with Gasteiger partial charge in [-0.25, -0.2) is 8.78 Å². The summed E-state index contributed by atoms with van der Waals surface area (Å²) < 4.78 is 23.8. The van der Waals surface area contributed by atoms with Gasteiger partial charge in [-0.05, 0) is 12.5 Å². The first-order valence-electron chi connectivity index (χ1n) is 4.66. The predicted octanol–water partition coefficient (Wildman–Crippen LogP) is -0.352. The fourth-order valence-electron chi connectivity index (χ4n) is 1.09. The van der Waals surface area contributed by atoms with Gasteiger partial charge in [-0.1, -0.05) is 0 Å². The summed E-state index contributed by atoms with van der Waals surface area (Å²) in [7, 11) is 0.